The molecule has 1 aromatic heterocycles. The molecule has 158 valence electrons. The van der Waals surface area contributed by atoms with Gasteiger partial charge in [0.05, 0.1) is 13.2 Å². The summed E-state index contributed by atoms with van der Waals surface area (Å²) in [7, 11) is 0. The number of nitrogens with zero attached hydrogens (tertiary/aromatic N) is 3. The summed E-state index contributed by atoms with van der Waals surface area (Å²) < 4.78 is 11.4. The molecule has 4 rings (SSSR count). The quantitative estimate of drug-likeness (QED) is 0.660. The van der Waals surface area contributed by atoms with Gasteiger partial charge in [-0.25, -0.2) is 0 Å². The molecule has 2 aromatic rings. The number of hydrogen-bond donors (Lipinski definition) is 0. The smallest absolute Gasteiger partial charge is 0.119 e. The summed E-state index contributed by atoms with van der Waals surface area (Å²) in [6.07, 6.45) is 1.24. The first-order chi connectivity index (χ1) is 14.3. The van der Waals surface area contributed by atoms with Gasteiger partial charge in [-0.2, -0.15) is 0 Å². The Morgan fingerprint density at radius 1 is 0.862 bits per heavy atom. The standard InChI is InChI=1S/C23H33N3O2S/c1-4-21(18-22(5-1)28-16-13-24-11-14-27-15-12-24)19-25-7-3-8-26(10-9-25)20-23-6-2-17-29-23/h1-2,4-6,17-18H,3,7-16,19-20H2. The summed E-state index contributed by atoms with van der Waals surface area (Å²) in [5.41, 5.74) is 1.35. The highest BCUT2D eigenvalue weighted by atomic mass is 32.1. The predicted octanol–water partition coefficient (Wildman–Crippen LogP) is 3.17. The van der Waals surface area contributed by atoms with E-state index in [9.17, 15) is 0 Å². The maximum absolute atomic E-state index is 6.03. The molecule has 0 radical (unpaired) electrons. The van der Waals surface area contributed by atoms with Crippen molar-refractivity contribution in [3.8, 4) is 5.75 Å². The number of thiophene rings is 1. The van der Waals surface area contributed by atoms with E-state index in [-0.39, 0.29) is 0 Å². The SMILES string of the molecule is c1cc(CN2CCCN(Cc3cccs3)CC2)cc(OCCN2CCOCC2)c1. The van der Waals surface area contributed by atoms with Crippen molar-refractivity contribution < 1.29 is 9.47 Å². The molecule has 2 aliphatic rings. The third-order valence-electron chi connectivity index (χ3n) is 5.73. The minimum Gasteiger partial charge on any atom is -0.492 e. The summed E-state index contributed by atoms with van der Waals surface area (Å²) in [5.74, 6) is 0.991. The molecule has 6 heteroatoms. The fraction of sp³-hybridized carbons (Fsp3) is 0.565. The molecule has 0 atom stereocenters. The Balaban J connectivity index is 1.22. The maximum Gasteiger partial charge on any atom is 0.119 e. The molecule has 0 unspecified atom stereocenters. The average Bonchev–Trinajstić information content (AvgIpc) is 3.16. The van der Waals surface area contributed by atoms with Gasteiger partial charge in [-0.3, -0.25) is 14.7 Å². The number of morpholine rings is 1. The zero-order valence-corrected chi connectivity index (χ0v) is 18.1. The third kappa shape index (κ3) is 6.79. The Bertz CT molecular complexity index is 719. The van der Waals surface area contributed by atoms with Crippen molar-refractivity contribution in [1.82, 2.24) is 14.7 Å². The zero-order chi connectivity index (χ0) is 19.7. The van der Waals surface area contributed by atoms with E-state index in [1.807, 2.05) is 11.3 Å². The lowest BCUT2D eigenvalue weighted by Crippen LogP contribution is -2.38. The van der Waals surface area contributed by atoms with Gasteiger partial charge in [-0.1, -0.05) is 18.2 Å². The Morgan fingerprint density at radius 3 is 2.48 bits per heavy atom. The van der Waals surface area contributed by atoms with Crippen LogP contribution in [0, 0.1) is 0 Å². The highest BCUT2D eigenvalue weighted by Gasteiger charge is 2.16. The second kappa shape index (κ2) is 11.1. The summed E-state index contributed by atoms with van der Waals surface area (Å²) in [6, 6.07) is 13.0. The maximum atomic E-state index is 6.03. The predicted molar refractivity (Wildman–Crippen MR) is 119 cm³/mol. The second-order valence-corrected chi connectivity index (χ2v) is 8.97. The summed E-state index contributed by atoms with van der Waals surface area (Å²) in [6.45, 7) is 12.2. The van der Waals surface area contributed by atoms with E-state index < -0.39 is 0 Å². The molecule has 0 N–H and O–H groups in total. The second-order valence-electron chi connectivity index (χ2n) is 7.94. The lowest BCUT2D eigenvalue weighted by atomic mass is 10.2. The molecule has 0 aliphatic carbocycles. The molecule has 5 nitrogen and oxygen atoms in total. The molecule has 2 saturated heterocycles. The molecular weight excluding hydrogens is 382 g/mol. The highest BCUT2D eigenvalue weighted by molar-refractivity contribution is 7.09. The topological polar surface area (TPSA) is 28.2 Å². The van der Waals surface area contributed by atoms with Gasteiger partial charge in [0.2, 0.25) is 0 Å². The number of ether oxygens (including phenoxy) is 2. The van der Waals surface area contributed by atoms with Crippen molar-refractivity contribution in [2.45, 2.75) is 19.5 Å². The van der Waals surface area contributed by atoms with Gasteiger partial charge < -0.3 is 9.47 Å². The molecule has 0 amide bonds. The van der Waals surface area contributed by atoms with Crippen LogP contribution in [0.25, 0.3) is 0 Å². The van der Waals surface area contributed by atoms with E-state index in [0.29, 0.717) is 0 Å². The van der Waals surface area contributed by atoms with Crippen LogP contribution in [0.4, 0.5) is 0 Å². The lowest BCUT2D eigenvalue weighted by molar-refractivity contribution is 0.0322. The molecule has 1 aromatic carbocycles. The van der Waals surface area contributed by atoms with E-state index in [0.717, 1.165) is 71.4 Å². The van der Waals surface area contributed by atoms with Crippen molar-refractivity contribution in [3.05, 3.63) is 52.2 Å². The Labute approximate surface area is 178 Å². The Kier molecular flexibility index (Phi) is 7.96. The Morgan fingerprint density at radius 2 is 1.69 bits per heavy atom. The normalized spacial score (nSPS) is 19.9. The van der Waals surface area contributed by atoms with Gasteiger partial charge in [-0.05, 0) is 48.7 Å². The van der Waals surface area contributed by atoms with Gasteiger partial charge in [0.15, 0.2) is 0 Å². The molecule has 3 heterocycles. The van der Waals surface area contributed by atoms with Crippen molar-refractivity contribution in [3.63, 3.8) is 0 Å². The van der Waals surface area contributed by atoms with E-state index in [2.05, 4.69) is 56.5 Å². The third-order valence-corrected chi connectivity index (χ3v) is 6.59. The molecule has 2 fully saturated rings. The summed E-state index contributed by atoms with van der Waals surface area (Å²) in [4.78, 5) is 9.06. The Hall–Kier alpha value is -1.44. The lowest BCUT2D eigenvalue weighted by Gasteiger charge is -2.26. The first-order valence-electron chi connectivity index (χ1n) is 10.8. The molecule has 2 aliphatic heterocycles. The first-order valence-corrected chi connectivity index (χ1v) is 11.7. The zero-order valence-electron chi connectivity index (χ0n) is 17.3. The van der Waals surface area contributed by atoms with Crippen LogP contribution in [-0.4, -0.2) is 80.3 Å². The van der Waals surface area contributed by atoms with Gasteiger partial charge in [0.1, 0.15) is 12.4 Å². The van der Waals surface area contributed by atoms with Crippen molar-refractivity contribution in [1.29, 1.82) is 0 Å². The van der Waals surface area contributed by atoms with Crippen LogP contribution in [0.2, 0.25) is 0 Å². The minimum absolute atomic E-state index is 0.741. The van der Waals surface area contributed by atoms with Crippen LogP contribution in [0.5, 0.6) is 5.75 Å². The largest absolute Gasteiger partial charge is 0.492 e. The van der Waals surface area contributed by atoms with Crippen LogP contribution in [0.15, 0.2) is 41.8 Å². The van der Waals surface area contributed by atoms with E-state index >= 15 is 0 Å². The number of hydrogen-bond acceptors (Lipinski definition) is 6. The van der Waals surface area contributed by atoms with Gasteiger partial charge in [-0.15, -0.1) is 11.3 Å². The molecule has 29 heavy (non-hydrogen) atoms. The van der Waals surface area contributed by atoms with Crippen molar-refractivity contribution in [2.75, 3.05) is 65.6 Å². The van der Waals surface area contributed by atoms with Gasteiger partial charge in [0.25, 0.3) is 0 Å². The monoisotopic (exact) mass is 415 g/mol. The molecule has 0 bridgehead atoms. The van der Waals surface area contributed by atoms with Crippen LogP contribution in [-0.2, 0) is 17.8 Å². The molecular formula is C23H33N3O2S. The van der Waals surface area contributed by atoms with Crippen LogP contribution in [0.1, 0.15) is 16.9 Å². The fourth-order valence-corrected chi connectivity index (χ4v) is 4.82. The van der Waals surface area contributed by atoms with Gasteiger partial charge in [0, 0.05) is 50.7 Å². The van der Waals surface area contributed by atoms with Crippen LogP contribution in [0.3, 0.4) is 0 Å². The van der Waals surface area contributed by atoms with Crippen molar-refractivity contribution >= 4 is 11.3 Å². The van der Waals surface area contributed by atoms with E-state index in [4.69, 9.17) is 9.47 Å². The molecule has 0 saturated carbocycles. The summed E-state index contributed by atoms with van der Waals surface area (Å²) >= 11 is 1.87. The minimum atomic E-state index is 0.741. The first kappa shape index (κ1) is 20.8. The van der Waals surface area contributed by atoms with Crippen LogP contribution < -0.4 is 4.74 Å². The summed E-state index contributed by atoms with van der Waals surface area (Å²) in [5, 5.41) is 2.18. The van der Waals surface area contributed by atoms with Crippen molar-refractivity contribution in [2.24, 2.45) is 0 Å². The fourth-order valence-electron chi connectivity index (χ4n) is 4.07. The highest BCUT2D eigenvalue weighted by Crippen LogP contribution is 2.18. The number of rotatable bonds is 8. The number of benzene rings is 1. The van der Waals surface area contributed by atoms with E-state index in [1.165, 1.54) is 30.0 Å². The average molecular weight is 416 g/mol. The molecule has 0 spiro atoms. The van der Waals surface area contributed by atoms with Gasteiger partial charge >= 0.3 is 0 Å². The van der Waals surface area contributed by atoms with E-state index in [1.54, 1.807) is 0 Å². The van der Waals surface area contributed by atoms with Crippen LogP contribution >= 0.6 is 11.3 Å².